The van der Waals surface area contributed by atoms with Gasteiger partial charge in [0.25, 0.3) is 5.91 Å². The normalized spacial score (nSPS) is 12.1. The van der Waals surface area contributed by atoms with Crippen LogP contribution in [0.3, 0.4) is 0 Å². The number of rotatable bonds is 7. The summed E-state index contributed by atoms with van der Waals surface area (Å²) >= 11 is 0. The van der Waals surface area contributed by atoms with Crippen LogP contribution in [0.5, 0.6) is 5.75 Å². The predicted octanol–water partition coefficient (Wildman–Crippen LogP) is 2.81. The van der Waals surface area contributed by atoms with E-state index >= 15 is 0 Å². The average molecular weight is 335 g/mol. The third-order valence-electron chi connectivity index (χ3n) is 3.75. The van der Waals surface area contributed by atoms with Crippen molar-refractivity contribution in [2.24, 2.45) is 0 Å². The van der Waals surface area contributed by atoms with E-state index in [0.29, 0.717) is 6.54 Å². The number of nitrogens with one attached hydrogen (secondary N) is 2. The molecule has 25 heavy (non-hydrogen) atoms. The van der Waals surface area contributed by atoms with Crippen LogP contribution < -0.4 is 10.6 Å². The maximum atomic E-state index is 12.2. The maximum absolute atomic E-state index is 12.2. The number of phenols is 1. The molecule has 2 aromatic carbocycles. The molecular weight excluding hydrogens is 314 g/mol. The first kappa shape index (κ1) is 18.1. The maximum Gasteiger partial charge on any atom is 0.263 e. The second kappa shape index (κ2) is 9.14. The van der Waals surface area contributed by atoms with Crippen LogP contribution in [0.4, 0.5) is 0 Å². The topological polar surface area (TPSA) is 85.2 Å². The van der Waals surface area contributed by atoms with Gasteiger partial charge in [0.05, 0.1) is 6.04 Å². The number of hydrogen-bond donors (Lipinski definition) is 3. The Morgan fingerprint density at radius 3 is 2.52 bits per heavy atom. The van der Waals surface area contributed by atoms with Crippen molar-refractivity contribution in [1.82, 2.24) is 10.6 Å². The summed E-state index contributed by atoms with van der Waals surface area (Å²) in [4.78, 5) is 12.2. The lowest BCUT2D eigenvalue weighted by atomic mass is 10.1. The van der Waals surface area contributed by atoms with Crippen molar-refractivity contribution < 1.29 is 9.90 Å². The van der Waals surface area contributed by atoms with Gasteiger partial charge in [-0.15, -0.1) is 0 Å². The first-order chi connectivity index (χ1) is 12.1. The minimum Gasteiger partial charge on any atom is -0.508 e. The lowest BCUT2D eigenvalue weighted by Gasteiger charge is -2.13. The lowest BCUT2D eigenvalue weighted by Crippen LogP contribution is -2.28. The summed E-state index contributed by atoms with van der Waals surface area (Å²) in [6.07, 6.45) is 2.16. The van der Waals surface area contributed by atoms with Crippen molar-refractivity contribution in [1.29, 1.82) is 5.26 Å². The number of nitriles is 1. The molecule has 1 atom stereocenters. The molecule has 0 spiro atoms. The summed E-state index contributed by atoms with van der Waals surface area (Å²) in [6, 6.07) is 18.2. The van der Waals surface area contributed by atoms with Crippen LogP contribution in [0, 0.1) is 11.3 Å². The standard InChI is InChI=1S/C20H21N3O2/c1-15(17-5-3-2-4-6-17)23-20(25)18(13-21)14-22-12-11-16-7-9-19(24)10-8-16/h2-10,14-15,22,24H,11-12H2,1H3,(H,23,25)/b18-14-. The van der Waals surface area contributed by atoms with Crippen molar-refractivity contribution in [2.75, 3.05) is 6.54 Å². The quantitative estimate of drug-likeness (QED) is 0.413. The van der Waals surface area contributed by atoms with E-state index < -0.39 is 5.91 Å². The zero-order chi connectivity index (χ0) is 18.1. The summed E-state index contributed by atoms with van der Waals surface area (Å²) in [7, 11) is 0. The number of benzene rings is 2. The van der Waals surface area contributed by atoms with E-state index in [9.17, 15) is 15.2 Å². The predicted molar refractivity (Wildman–Crippen MR) is 96.5 cm³/mol. The molecular formula is C20H21N3O2. The molecule has 0 heterocycles. The molecule has 2 aromatic rings. The van der Waals surface area contributed by atoms with Crippen molar-refractivity contribution >= 4 is 5.91 Å². The SMILES string of the molecule is CC(NC(=O)/C(C#N)=C\NCCc1ccc(O)cc1)c1ccccc1. The molecule has 0 saturated carbocycles. The Labute approximate surface area is 147 Å². The van der Waals surface area contributed by atoms with E-state index in [0.717, 1.165) is 17.5 Å². The second-order valence-corrected chi connectivity index (χ2v) is 5.65. The Bertz CT molecular complexity index is 762. The van der Waals surface area contributed by atoms with Crippen LogP contribution in [0.2, 0.25) is 0 Å². The minimum absolute atomic E-state index is 0.0356. The van der Waals surface area contributed by atoms with Gasteiger partial charge in [0, 0.05) is 12.7 Å². The van der Waals surface area contributed by atoms with Gasteiger partial charge in [-0.25, -0.2) is 0 Å². The molecule has 0 bridgehead atoms. The summed E-state index contributed by atoms with van der Waals surface area (Å²) in [5, 5.41) is 24.2. The first-order valence-electron chi connectivity index (χ1n) is 8.07. The van der Waals surface area contributed by atoms with Gasteiger partial charge in [-0.3, -0.25) is 4.79 Å². The largest absolute Gasteiger partial charge is 0.508 e. The van der Waals surface area contributed by atoms with Crippen molar-refractivity contribution in [3.63, 3.8) is 0 Å². The van der Waals surface area contributed by atoms with E-state index in [2.05, 4.69) is 10.6 Å². The van der Waals surface area contributed by atoms with E-state index in [-0.39, 0.29) is 17.4 Å². The Morgan fingerprint density at radius 2 is 1.88 bits per heavy atom. The number of amides is 1. The molecule has 2 rings (SSSR count). The summed E-state index contributed by atoms with van der Waals surface area (Å²) in [5.74, 6) is -0.177. The van der Waals surface area contributed by atoms with Crippen LogP contribution in [0.1, 0.15) is 24.1 Å². The highest BCUT2D eigenvalue weighted by Crippen LogP contribution is 2.12. The fourth-order valence-corrected chi connectivity index (χ4v) is 2.30. The number of hydrogen-bond acceptors (Lipinski definition) is 4. The molecule has 5 heteroatoms. The van der Waals surface area contributed by atoms with E-state index in [1.807, 2.05) is 55.5 Å². The Morgan fingerprint density at radius 1 is 1.20 bits per heavy atom. The lowest BCUT2D eigenvalue weighted by molar-refractivity contribution is -0.117. The molecule has 0 aliphatic rings. The van der Waals surface area contributed by atoms with Gasteiger partial charge in [-0.2, -0.15) is 5.26 Å². The zero-order valence-electron chi connectivity index (χ0n) is 14.1. The van der Waals surface area contributed by atoms with E-state index in [4.69, 9.17) is 0 Å². The highest BCUT2D eigenvalue weighted by Gasteiger charge is 2.13. The molecule has 5 nitrogen and oxygen atoms in total. The third-order valence-corrected chi connectivity index (χ3v) is 3.75. The van der Waals surface area contributed by atoms with Gasteiger partial charge in [0.2, 0.25) is 0 Å². The summed E-state index contributed by atoms with van der Waals surface area (Å²) in [5.41, 5.74) is 2.07. The van der Waals surface area contributed by atoms with Gasteiger partial charge < -0.3 is 15.7 Å². The summed E-state index contributed by atoms with van der Waals surface area (Å²) in [6.45, 7) is 2.46. The van der Waals surface area contributed by atoms with E-state index in [1.54, 1.807) is 12.1 Å². The third kappa shape index (κ3) is 5.70. The van der Waals surface area contributed by atoms with Gasteiger partial charge in [-0.05, 0) is 36.6 Å². The zero-order valence-corrected chi connectivity index (χ0v) is 14.1. The Hall–Kier alpha value is -3.26. The van der Waals surface area contributed by atoms with Crippen LogP contribution >= 0.6 is 0 Å². The number of aromatic hydroxyl groups is 1. The van der Waals surface area contributed by atoms with Crippen molar-refractivity contribution in [2.45, 2.75) is 19.4 Å². The number of carbonyl (C=O) groups excluding carboxylic acids is 1. The van der Waals surface area contributed by atoms with E-state index in [1.165, 1.54) is 6.20 Å². The number of carbonyl (C=O) groups is 1. The molecule has 0 aliphatic carbocycles. The molecule has 0 radical (unpaired) electrons. The first-order valence-corrected chi connectivity index (χ1v) is 8.07. The highest BCUT2D eigenvalue weighted by molar-refractivity contribution is 5.97. The Balaban J connectivity index is 1.85. The second-order valence-electron chi connectivity index (χ2n) is 5.65. The molecule has 1 amide bonds. The molecule has 0 saturated heterocycles. The molecule has 0 fully saturated rings. The average Bonchev–Trinajstić information content (AvgIpc) is 2.64. The minimum atomic E-state index is -0.406. The van der Waals surface area contributed by atoms with Crippen molar-refractivity contribution in [3.8, 4) is 11.8 Å². The summed E-state index contributed by atoms with van der Waals surface area (Å²) < 4.78 is 0. The molecule has 1 unspecified atom stereocenters. The van der Waals surface area contributed by atoms with Gasteiger partial charge in [0.1, 0.15) is 17.4 Å². The smallest absolute Gasteiger partial charge is 0.263 e. The van der Waals surface area contributed by atoms with Crippen LogP contribution in [-0.4, -0.2) is 17.6 Å². The van der Waals surface area contributed by atoms with Crippen molar-refractivity contribution in [3.05, 3.63) is 77.5 Å². The number of nitrogens with zero attached hydrogens (tertiary/aromatic N) is 1. The van der Waals surface area contributed by atoms with Crippen LogP contribution in [0.15, 0.2) is 66.4 Å². The van der Waals surface area contributed by atoms with Crippen LogP contribution in [-0.2, 0) is 11.2 Å². The van der Waals surface area contributed by atoms with Crippen LogP contribution in [0.25, 0.3) is 0 Å². The fraction of sp³-hybridized carbons (Fsp3) is 0.200. The van der Waals surface area contributed by atoms with Gasteiger partial charge in [0.15, 0.2) is 0 Å². The fourth-order valence-electron chi connectivity index (χ4n) is 2.30. The number of phenolic OH excluding ortho intramolecular Hbond substituents is 1. The molecule has 0 aromatic heterocycles. The highest BCUT2D eigenvalue weighted by atomic mass is 16.3. The van der Waals surface area contributed by atoms with Gasteiger partial charge in [-0.1, -0.05) is 42.5 Å². The molecule has 0 aliphatic heterocycles. The monoisotopic (exact) mass is 335 g/mol. The molecule has 3 N–H and O–H groups in total. The molecule has 128 valence electrons. The van der Waals surface area contributed by atoms with Gasteiger partial charge >= 0.3 is 0 Å². The Kier molecular flexibility index (Phi) is 6.61.